The number of hydrogen-bond donors (Lipinski definition) is 1. The molecule has 0 radical (unpaired) electrons. The zero-order valence-corrected chi connectivity index (χ0v) is 13.6. The van der Waals surface area contributed by atoms with E-state index in [0.717, 1.165) is 22.2 Å². The van der Waals surface area contributed by atoms with Crippen molar-refractivity contribution in [3.05, 3.63) is 64.8 Å². The van der Waals surface area contributed by atoms with Crippen molar-refractivity contribution in [2.24, 2.45) is 0 Å². The smallest absolute Gasteiger partial charge is 0.249 e. The Balaban J connectivity index is 1.75. The number of aromatic nitrogens is 2. The number of carbonyl (C=O) groups is 1. The van der Waals surface area contributed by atoms with Gasteiger partial charge in [0.1, 0.15) is 5.58 Å². The van der Waals surface area contributed by atoms with Crippen molar-refractivity contribution in [3.63, 3.8) is 0 Å². The van der Waals surface area contributed by atoms with Crippen LogP contribution in [-0.2, 0) is 0 Å². The van der Waals surface area contributed by atoms with E-state index in [0.29, 0.717) is 16.1 Å². The van der Waals surface area contributed by atoms with E-state index in [4.69, 9.17) is 16.6 Å². The first-order valence-electron chi connectivity index (χ1n) is 7.41. The predicted octanol–water partition coefficient (Wildman–Crippen LogP) is 4.54. The summed E-state index contributed by atoms with van der Waals surface area (Å²) < 4.78 is 6.35. The molecule has 24 heavy (non-hydrogen) atoms. The average Bonchev–Trinajstić information content (AvgIpc) is 2.89. The highest BCUT2D eigenvalue weighted by molar-refractivity contribution is 7.71. The van der Waals surface area contributed by atoms with Crippen LogP contribution in [0, 0.1) is 4.64 Å². The van der Waals surface area contributed by atoms with Gasteiger partial charge in [0.15, 0.2) is 10.4 Å². The lowest BCUT2D eigenvalue weighted by Crippen LogP contribution is -2.10. The van der Waals surface area contributed by atoms with Gasteiger partial charge in [0.05, 0.1) is 11.3 Å². The number of carbonyl (C=O) groups excluding carboxylic acids is 1. The fourth-order valence-corrected chi connectivity index (χ4v) is 2.76. The van der Waals surface area contributed by atoms with Crippen LogP contribution in [0.15, 0.2) is 59.0 Å². The first-order chi connectivity index (χ1) is 11.6. The Morgan fingerprint density at radius 2 is 1.92 bits per heavy atom. The van der Waals surface area contributed by atoms with E-state index < -0.39 is 0 Å². The highest BCUT2D eigenvalue weighted by atomic mass is 32.1. The molecule has 1 N–H and O–H groups in total. The van der Waals surface area contributed by atoms with E-state index >= 15 is 0 Å². The Morgan fingerprint density at radius 3 is 2.67 bits per heavy atom. The van der Waals surface area contributed by atoms with Crippen LogP contribution in [0.1, 0.15) is 17.3 Å². The highest BCUT2D eigenvalue weighted by Gasteiger charge is 2.16. The predicted molar refractivity (Wildman–Crippen MR) is 94.9 cm³/mol. The van der Waals surface area contributed by atoms with Gasteiger partial charge in [-0.2, -0.15) is 4.79 Å². The molecule has 0 fully saturated rings. The van der Waals surface area contributed by atoms with Crippen molar-refractivity contribution < 1.29 is 9.21 Å². The van der Waals surface area contributed by atoms with Gasteiger partial charge in [0.2, 0.25) is 5.89 Å². The van der Waals surface area contributed by atoms with E-state index in [1.54, 1.807) is 12.1 Å². The number of nitrogens with zero attached hydrogens (tertiary/aromatic N) is 2. The molecule has 2 aromatic carbocycles. The summed E-state index contributed by atoms with van der Waals surface area (Å²) in [7, 11) is 0. The second-order valence-electron chi connectivity index (χ2n) is 5.47. The maximum atomic E-state index is 11.3. The van der Waals surface area contributed by atoms with E-state index in [-0.39, 0.29) is 5.78 Å². The third-order valence-electron chi connectivity index (χ3n) is 3.80. The zero-order chi connectivity index (χ0) is 16.7. The van der Waals surface area contributed by atoms with Gasteiger partial charge in [0, 0.05) is 10.9 Å². The van der Waals surface area contributed by atoms with Crippen molar-refractivity contribution in [1.29, 1.82) is 0 Å². The Bertz CT molecular complexity index is 1080. The molecule has 0 aliphatic carbocycles. The molecule has 4 rings (SSSR count). The first-order valence-corrected chi connectivity index (χ1v) is 7.82. The molecule has 0 saturated heterocycles. The molecule has 0 atom stereocenters. The quantitative estimate of drug-likeness (QED) is 0.440. The van der Waals surface area contributed by atoms with Crippen LogP contribution in [0.5, 0.6) is 0 Å². The Kier molecular flexibility index (Phi) is 3.39. The topological polar surface area (TPSA) is 60.1 Å². The maximum absolute atomic E-state index is 11.3. The molecule has 2 aliphatic heterocycles. The number of rotatable bonds is 3. The lowest BCUT2D eigenvalue weighted by molar-refractivity contribution is 0.101. The minimum Gasteiger partial charge on any atom is -0.436 e. The minimum absolute atomic E-state index is 0.0285. The molecule has 0 spiro atoms. The molecular formula is C18H13N3O2S. The zero-order valence-electron chi connectivity index (χ0n) is 12.8. The summed E-state index contributed by atoms with van der Waals surface area (Å²) in [4.78, 5) is 12.8. The molecule has 0 saturated carbocycles. The normalized spacial score (nSPS) is 11.0. The van der Waals surface area contributed by atoms with Gasteiger partial charge in [-0.3, -0.25) is 10.2 Å². The SMILES string of the molecule is CC(=O)c1ccc(Nn2nc3oc4ccccc4cc-3c2=S)cc1. The molecule has 6 heteroatoms. The first kappa shape index (κ1) is 14.6. The summed E-state index contributed by atoms with van der Waals surface area (Å²) in [5, 5.41) is 5.36. The monoisotopic (exact) mass is 335 g/mol. The number of benzene rings is 2. The van der Waals surface area contributed by atoms with Gasteiger partial charge in [0.25, 0.3) is 0 Å². The van der Waals surface area contributed by atoms with Gasteiger partial charge < -0.3 is 4.42 Å². The van der Waals surface area contributed by atoms with Crippen LogP contribution in [0.4, 0.5) is 5.69 Å². The molecular weight excluding hydrogens is 322 g/mol. The second kappa shape index (κ2) is 5.58. The lowest BCUT2D eigenvalue weighted by atomic mass is 10.1. The van der Waals surface area contributed by atoms with Crippen LogP contribution < -0.4 is 5.43 Å². The summed E-state index contributed by atoms with van der Waals surface area (Å²) in [5.74, 6) is 0.507. The third-order valence-corrected chi connectivity index (χ3v) is 4.19. The van der Waals surface area contributed by atoms with Gasteiger partial charge >= 0.3 is 0 Å². The molecule has 2 aromatic rings. The van der Waals surface area contributed by atoms with Crippen LogP contribution in [-0.4, -0.2) is 15.7 Å². The number of Topliss-reactive ketones (excluding diaryl/α,β-unsaturated/α-hetero) is 1. The number of nitrogens with one attached hydrogen (secondary N) is 1. The molecule has 118 valence electrons. The molecule has 2 aliphatic rings. The van der Waals surface area contributed by atoms with Crippen molar-refractivity contribution in [1.82, 2.24) is 9.89 Å². The summed E-state index contributed by atoms with van der Waals surface area (Å²) >= 11 is 5.48. The number of anilines is 1. The van der Waals surface area contributed by atoms with Crippen molar-refractivity contribution in [2.45, 2.75) is 6.92 Å². The van der Waals surface area contributed by atoms with Gasteiger partial charge in [-0.15, -0.1) is 5.10 Å². The summed E-state index contributed by atoms with van der Waals surface area (Å²) in [6, 6.07) is 16.8. The molecule has 0 aromatic heterocycles. The Morgan fingerprint density at radius 1 is 1.17 bits per heavy atom. The highest BCUT2D eigenvalue weighted by Crippen LogP contribution is 2.28. The van der Waals surface area contributed by atoms with E-state index in [1.807, 2.05) is 42.5 Å². The van der Waals surface area contributed by atoms with Gasteiger partial charge in [-0.25, -0.2) is 0 Å². The number of para-hydroxylation sites is 1. The maximum Gasteiger partial charge on any atom is 0.249 e. The van der Waals surface area contributed by atoms with Gasteiger partial charge in [-0.05, 0) is 43.3 Å². The van der Waals surface area contributed by atoms with Crippen molar-refractivity contribution in [3.8, 4) is 11.5 Å². The fourth-order valence-electron chi connectivity index (χ4n) is 2.52. The summed E-state index contributed by atoms with van der Waals surface area (Å²) in [5.41, 5.74) is 6.09. The van der Waals surface area contributed by atoms with Crippen LogP contribution in [0.25, 0.3) is 22.4 Å². The van der Waals surface area contributed by atoms with Gasteiger partial charge in [-0.1, -0.05) is 30.4 Å². The number of hydrogen-bond acceptors (Lipinski definition) is 5. The minimum atomic E-state index is 0.0285. The molecule has 0 unspecified atom stereocenters. The fraction of sp³-hybridized carbons (Fsp3) is 0.0556. The van der Waals surface area contributed by atoms with E-state index in [2.05, 4.69) is 10.5 Å². The number of fused-ring (bicyclic) bond motifs is 2. The third kappa shape index (κ3) is 2.47. The largest absolute Gasteiger partial charge is 0.436 e. The van der Waals surface area contributed by atoms with E-state index in [9.17, 15) is 4.79 Å². The molecule has 0 bridgehead atoms. The Labute approximate surface area is 142 Å². The summed E-state index contributed by atoms with van der Waals surface area (Å²) in [6.45, 7) is 1.54. The summed E-state index contributed by atoms with van der Waals surface area (Å²) in [6.07, 6.45) is 0. The van der Waals surface area contributed by atoms with Crippen LogP contribution in [0.3, 0.4) is 0 Å². The average molecular weight is 335 g/mol. The number of ketones is 1. The second-order valence-corrected chi connectivity index (χ2v) is 5.85. The molecule has 2 heterocycles. The molecule has 0 amide bonds. The lowest BCUT2D eigenvalue weighted by Gasteiger charge is -2.05. The van der Waals surface area contributed by atoms with Crippen molar-refractivity contribution >= 4 is 34.7 Å². The Hall–Kier alpha value is -2.99. The molecule has 5 nitrogen and oxygen atoms in total. The van der Waals surface area contributed by atoms with Crippen LogP contribution >= 0.6 is 12.2 Å². The standard InChI is InChI=1S/C18H13N3O2S/c1-11(22)12-6-8-14(9-7-12)19-21-18(24)15-10-13-4-2-3-5-16(13)23-17(15)20-21/h2-10,19H,1H3. The van der Waals surface area contributed by atoms with Crippen molar-refractivity contribution in [2.75, 3.05) is 5.43 Å². The van der Waals surface area contributed by atoms with E-state index in [1.165, 1.54) is 11.7 Å². The van der Waals surface area contributed by atoms with Crippen LogP contribution in [0.2, 0.25) is 0 Å².